The Balaban J connectivity index is 2.77. The first-order chi connectivity index (χ1) is 16.0. The van der Waals surface area contributed by atoms with Gasteiger partial charge in [0.1, 0.15) is 12.1 Å². The summed E-state index contributed by atoms with van der Waals surface area (Å²) in [5.74, 6) is -4.51. The number of carboxylic acid groups (broad SMARTS) is 1. The second kappa shape index (κ2) is 14.0. The molecular weight excluding hydrogens is 452 g/mol. The molecule has 3 unspecified atom stereocenters. The van der Waals surface area contributed by atoms with E-state index in [1.54, 1.807) is 0 Å². The molecule has 1 rings (SSSR count). The Kier molecular flexibility index (Phi) is 11.5. The highest BCUT2D eigenvalue weighted by molar-refractivity contribution is 5.93. The number of imidazole rings is 1. The van der Waals surface area contributed by atoms with Gasteiger partial charge in [0.25, 0.3) is 0 Å². The van der Waals surface area contributed by atoms with Gasteiger partial charge in [-0.1, -0.05) is 0 Å². The lowest BCUT2D eigenvalue weighted by Gasteiger charge is -2.21. The summed E-state index contributed by atoms with van der Waals surface area (Å²) in [5, 5.41) is 16.5. The molecule has 4 amide bonds. The van der Waals surface area contributed by atoms with Gasteiger partial charge in [-0.15, -0.1) is 0 Å². The molecule has 34 heavy (non-hydrogen) atoms. The van der Waals surface area contributed by atoms with Gasteiger partial charge >= 0.3 is 5.97 Å². The highest BCUT2D eigenvalue weighted by Crippen LogP contribution is 2.03. The average molecular weight is 483 g/mol. The summed E-state index contributed by atoms with van der Waals surface area (Å²) in [7, 11) is 0. The Bertz CT molecular complexity index is 884. The predicted octanol–water partition coefficient (Wildman–Crippen LogP) is -4.62. The molecule has 0 aliphatic heterocycles. The molecule has 0 spiro atoms. The standard InChI is InChI=1S/C18H30N10O6/c19-10(5-13(20)29)15(31)25-7-14(30)27-11(2-1-3-24-18(21)22)16(32)28-12(17(33)34)4-9-6-23-8-26-9/h6,8,10-12H,1-5,7,19H2,(H2,20,29)(H,23,26)(H,25,31)(H,27,30)(H,28,32)(H,33,34)(H4,21,22,24). The second-order valence-corrected chi connectivity index (χ2v) is 7.24. The number of nitrogens with zero attached hydrogens (tertiary/aromatic N) is 2. The van der Waals surface area contributed by atoms with Crippen LogP contribution >= 0.6 is 0 Å². The van der Waals surface area contributed by atoms with Crippen LogP contribution in [0.15, 0.2) is 17.5 Å². The number of aliphatic carboxylic acids is 1. The summed E-state index contributed by atoms with van der Waals surface area (Å²) in [5.41, 5.74) is 21.5. The minimum atomic E-state index is -1.29. The van der Waals surface area contributed by atoms with Gasteiger partial charge in [-0.3, -0.25) is 24.2 Å². The van der Waals surface area contributed by atoms with Crippen molar-refractivity contribution in [3.63, 3.8) is 0 Å². The van der Waals surface area contributed by atoms with Gasteiger partial charge in [0.2, 0.25) is 23.6 Å². The Labute approximate surface area is 194 Å². The van der Waals surface area contributed by atoms with Gasteiger partial charge in [0.15, 0.2) is 5.96 Å². The van der Waals surface area contributed by atoms with Gasteiger partial charge in [0.05, 0.1) is 25.3 Å². The number of carbonyl (C=O) groups excluding carboxylic acids is 4. The number of guanidine groups is 1. The maximum atomic E-state index is 12.8. The molecule has 16 nitrogen and oxygen atoms in total. The summed E-state index contributed by atoms with van der Waals surface area (Å²) in [4.78, 5) is 69.6. The molecule has 188 valence electrons. The van der Waals surface area contributed by atoms with E-state index in [0.29, 0.717) is 5.69 Å². The van der Waals surface area contributed by atoms with E-state index in [-0.39, 0.29) is 31.8 Å². The van der Waals surface area contributed by atoms with Gasteiger partial charge < -0.3 is 49.0 Å². The van der Waals surface area contributed by atoms with E-state index in [0.717, 1.165) is 0 Å². The van der Waals surface area contributed by atoms with Gasteiger partial charge in [-0.2, -0.15) is 0 Å². The van der Waals surface area contributed by atoms with Crippen LogP contribution in [0.25, 0.3) is 0 Å². The molecule has 0 saturated carbocycles. The quantitative estimate of drug-likeness (QED) is 0.0654. The number of carbonyl (C=O) groups is 5. The fraction of sp³-hybridized carbons (Fsp3) is 0.500. The number of aromatic nitrogens is 2. The number of amides is 4. The van der Waals surface area contributed by atoms with Gasteiger partial charge in [0, 0.05) is 24.9 Å². The number of hydrogen-bond donors (Lipinski definition) is 9. The molecular formula is C18H30N10O6. The van der Waals surface area contributed by atoms with Crippen molar-refractivity contribution in [3.05, 3.63) is 18.2 Å². The number of hydrogen-bond acceptors (Lipinski definition) is 8. The molecule has 0 bridgehead atoms. The molecule has 0 saturated heterocycles. The zero-order valence-corrected chi connectivity index (χ0v) is 18.3. The van der Waals surface area contributed by atoms with E-state index in [9.17, 15) is 29.1 Å². The van der Waals surface area contributed by atoms with E-state index in [1.807, 2.05) is 0 Å². The van der Waals surface area contributed by atoms with Crippen LogP contribution in [0.5, 0.6) is 0 Å². The fourth-order valence-electron chi connectivity index (χ4n) is 2.71. The highest BCUT2D eigenvalue weighted by atomic mass is 16.4. The van der Waals surface area contributed by atoms with Gasteiger partial charge in [-0.25, -0.2) is 9.78 Å². The van der Waals surface area contributed by atoms with Crippen LogP contribution in [-0.4, -0.2) is 81.8 Å². The van der Waals surface area contributed by atoms with Crippen LogP contribution in [0, 0.1) is 0 Å². The molecule has 0 aliphatic rings. The molecule has 1 aromatic rings. The summed E-state index contributed by atoms with van der Waals surface area (Å²) >= 11 is 0. The minimum Gasteiger partial charge on any atom is -0.480 e. The van der Waals surface area contributed by atoms with E-state index in [1.165, 1.54) is 12.5 Å². The Hall–Kier alpha value is -4.21. The maximum absolute atomic E-state index is 12.8. The van der Waals surface area contributed by atoms with Crippen LogP contribution in [0.2, 0.25) is 0 Å². The number of rotatable bonds is 15. The van der Waals surface area contributed by atoms with Crippen LogP contribution in [-0.2, 0) is 30.4 Å². The van der Waals surface area contributed by atoms with E-state index in [2.05, 4.69) is 30.9 Å². The molecule has 1 heterocycles. The van der Waals surface area contributed by atoms with Crippen LogP contribution < -0.4 is 38.9 Å². The third-order valence-corrected chi connectivity index (χ3v) is 4.37. The number of aliphatic imine (C=N–C) groups is 1. The summed E-state index contributed by atoms with van der Waals surface area (Å²) in [6.45, 7) is -0.378. The SMILES string of the molecule is NC(=O)CC(N)C(=O)NCC(=O)NC(CCCN=C(N)N)C(=O)NC(Cc1cnc[nH]1)C(=O)O. The first kappa shape index (κ1) is 27.8. The van der Waals surface area contributed by atoms with Crippen molar-refractivity contribution in [1.82, 2.24) is 25.9 Å². The van der Waals surface area contributed by atoms with E-state index in [4.69, 9.17) is 22.9 Å². The average Bonchev–Trinajstić information content (AvgIpc) is 3.25. The monoisotopic (exact) mass is 482 g/mol. The lowest BCUT2D eigenvalue weighted by molar-refractivity contribution is -0.142. The molecule has 0 radical (unpaired) electrons. The molecule has 16 heteroatoms. The molecule has 0 aliphatic carbocycles. The summed E-state index contributed by atoms with van der Waals surface area (Å²) in [6, 6.07) is -3.68. The van der Waals surface area contributed by atoms with Crippen LogP contribution in [0.3, 0.4) is 0 Å². The number of carboxylic acids is 1. The van der Waals surface area contributed by atoms with Crippen molar-refractivity contribution < 1.29 is 29.1 Å². The van der Waals surface area contributed by atoms with Crippen molar-refractivity contribution in [2.45, 2.75) is 43.8 Å². The molecule has 3 atom stereocenters. The normalized spacial score (nSPS) is 13.1. The fourth-order valence-corrected chi connectivity index (χ4v) is 2.71. The Morgan fingerprint density at radius 1 is 1.09 bits per heavy atom. The maximum Gasteiger partial charge on any atom is 0.326 e. The number of primary amides is 1. The first-order valence-electron chi connectivity index (χ1n) is 10.2. The van der Waals surface area contributed by atoms with E-state index < -0.39 is 60.7 Å². The van der Waals surface area contributed by atoms with Crippen molar-refractivity contribution in [1.29, 1.82) is 0 Å². The summed E-state index contributed by atoms with van der Waals surface area (Å²) < 4.78 is 0. The molecule has 1 aromatic heterocycles. The van der Waals surface area contributed by atoms with Crippen molar-refractivity contribution >= 4 is 35.6 Å². The number of H-pyrrole nitrogens is 1. The lowest BCUT2D eigenvalue weighted by Crippen LogP contribution is -2.54. The molecule has 0 aromatic carbocycles. The third-order valence-electron chi connectivity index (χ3n) is 4.37. The Morgan fingerprint density at radius 2 is 1.79 bits per heavy atom. The third kappa shape index (κ3) is 10.9. The molecule has 0 fully saturated rings. The number of nitrogens with two attached hydrogens (primary N) is 4. The summed E-state index contributed by atoms with van der Waals surface area (Å²) in [6.07, 6.45) is 2.67. The second-order valence-electron chi connectivity index (χ2n) is 7.24. The zero-order chi connectivity index (χ0) is 25.7. The van der Waals surface area contributed by atoms with Crippen LogP contribution in [0.4, 0.5) is 0 Å². The van der Waals surface area contributed by atoms with Crippen molar-refractivity contribution in [2.75, 3.05) is 13.1 Å². The van der Waals surface area contributed by atoms with Gasteiger partial charge in [-0.05, 0) is 12.8 Å². The van der Waals surface area contributed by atoms with Crippen LogP contribution in [0.1, 0.15) is 25.0 Å². The Morgan fingerprint density at radius 3 is 2.35 bits per heavy atom. The number of aromatic amines is 1. The largest absolute Gasteiger partial charge is 0.480 e. The number of nitrogens with one attached hydrogen (secondary N) is 4. The smallest absolute Gasteiger partial charge is 0.326 e. The lowest BCUT2D eigenvalue weighted by atomic mass is 10.1. The predicted molar refractivity (Wildman–Crippen MR) is 118 cm³/mol. The zero-order valence-electron chi connectivity index (χ0n) is 18.3. The highest BCUT2D eigenvalue weighted by Gasteiger charge is 2.27. The first-order valence-corrected chi connectivity index (χ1v) is 10.2. The minimum absolute atomic E-state index is 0.0659. The van der Waals surface area contributed by atoms with Crippen molar-refractivity contribution in [3.8, 4) is 0 Å². The molecule has 13 N–H and O–H groups in total. The van der Waals surface area contributed by atoms with Crippen molar-refractivity contribution in [2.24, 2.45) is 27.9 Å². The topological polar surface area (TPSA) is 287 Å². The van der Waals surface area contributed by atoms with E-state index >= 15 is 0 Å².